The number of nitrogens with zero attached hydrogens (tertiary/aromatic N) is 3. The van der Waals surface area contributed by atoms with E-state index in [1.807, 2.05) is 13.8 Å². The largest absolute Gasteiger partial charge is 0.364 e. The van der Waals surface area contributed by atoms with E-state index in [2.05, 4.69) is 15.6 Å². The zero-order valence-electron chi connectivity index (χ0n) is 8.71. The third kappa shape index (κ3) is 1.73. The van der Waals surface area contributed by atoms with Gasteiger partial charge in [0, 0.05) is 12.8 Å². The van der Waals surface area contributed by atoms with Gasteiger partial charge in [0.2, 0.25) is 0 Å². The van der Waals surface area contributed by atoms with Crippen LogP contribution >= 0.6 is 0 Å². The van der Waals surface area contributed by atoms with E-state index in [9.17, 15) is 5.11 Å². The van der Waals surface area contributed by atoms with Crippen molar-refractivity contribution >= 4 is 12.0 Å². The summed E-state index contributed by atoms with van der Waals surface area (Å²) in [4.78, 5) is 0. The number of hydrogen-bond donors (Lipinski definition) is 2. The molecule has 6 heteroatoms. The Bertz CT molecular complexity index is 374. The molecule has 2 rings (SSSR count). The summed E-state index contributed by atoms with van der Waals surface area (Å²) in [5.41, 5.74) is 3.42. The number of aromatic nitrogens is 2. The van der Waals surface area contributed by atoms with Crippen molar-refractivity contribution in [3.8, 4) is 0 Å². The Balaban J connectivity index is 2.29. The molecule has 0 fully saturated rings. The lowest BCUT2D eigenvalue weighted by molar-refractivity contribution is -0.0975. The summed E-state index contributed by atoms with van der Waals surface area (Å²) in [5, 5.41) is 17.8. The van der Waals surface area contributed by atoms with Crippen molar-refractivity contribution in [3.63, 3.8) is 0 Å². The Morgan fingerprint density at radius 1 is 1.73 bits per heavy atom. The van der Waals surface area contributed by atoms with Gasteiger partial charge >= 0.3 is 0 Å². The van der Waals surface area contributed by atoms with E-state index in [0.717, 1.165) is 0 Å². The molecule has 0 bridgehead atoms. The summed E-state index contributed by atoms with van der Waals surface area (Å²) >= 11 is 0. The summed E-state index contributed by atoms with van der Waals surface area (Å²) in [6.07, 6.45) is 2.39. The zero-order chi connectivity index (χ0) is 10.8. The molecule has 2 N–H and O–H groups in total. The predicted octanol–water partition coefficient (Wildman–Crippen LogP) is 0.883. The Hall–Kier alpha value is -1.40. The molecule has 2 atom stereocenters. The fraction of sp³-hybridized carbons (Fsp3) is 0.556. The van der Waals surface area contributed by atoms with Gasteiger partial charge in [-0.15, -0.1) is 0 Å². The van der Waals surface area contributed by atoms with Crippen LogP contribution in [0.1, 0.15) is 31.7 Å². The van der Waals surface area contributed by atoms with Crippen molar-refractivity contribution in [3.05, 3.63) is 11.8 Å². The van der Waals surface area contributed by atoms with E-state index >= 15 is 0 Å². The molecule has 1 aliphatic heterocycles. The molecule has 0 saturated heterocycles. The first-order chi connectivity index (χ1) is 7.24. The van der Waals surface area contributed by atoms with E-state index in [-0.39, 0.29) is 6.04 Å². The third-order valence-corrected chi connectivity index (χ3v) is 2.26. The fourth-order valence-corrected chi connectivity index (χ4v) is 1.50. The van der Waals surface area contributed by atoms with Crippen molar-refractivity contribution in [1.82, 2.24) is 9.78 Å². The molecule has 1 aromatic rings. The molecule has 0 amide bonds. The smallest absolute Gasteiger partial charge is 0.186 e. The van der Waals surface area contributed by atoms with Crippen molar-refractivity contribution in [2.45, 2.75) is 26.2 Å². The summed E-state index contributed by atoms with van der Waals surface area (Å²) in [6, 6.07) is 0.0869. The second-order valence-electron chi connectivity index (χ2n) is 3.33. The number of fused-ring (bicyclic) bond motifs is 1. The number of anilines is 1. The van der Waals surface area contributed by atoms with E-state index in [1.54, 1.807) is 17.1 Å². The quantitative estimate of drug-likeness (QED) is 0.726. The van der Waals surface area contributed by atoms with Crippen LogP contribution < -0.4 is 5.43 Å². The van der Waals surface area contributed by atoms with Gasteiger partial charge in [0.25, 0.3) is 0 Å². The molecule has 15 heavy (non-hydrogen) atoms. The molecule has 2 heterocycles. The number of aliphatic hydroxyl groups excluding tert-OH is 1. The van der Waals surface area contributed by atoms with Crippen LogP contribution in [0.4, 0.5) is 5.82 Å². The molecule has 2 unspecified atom stereocenters. The van der Waals surface area contributed by atoms with Gasteiger partial charge in [0.1, 0.15) is 0 Å². The van der Waals surface area contributed by atoms with Crippen LogP contribution in [0.5, 0.6) is 0 Å². The Labute approximate surface area is 87.5 Å². The van der Waals surface area contributed by atoms with Crippen molar-refractivity contribution in [2.24, 2.45) is 5.10 Å². The van der Waals surface area contributed by atoms with Crippen molar-refractivity contribution < 1.29 is 9.84 Å². The van der Waals surface area contributed by atoms with Crippen LogP contribution in [0.15, 0.2) is 11.3 Å². The molecule has 1 aromatic heterocycles. The van der Waals surface area contributed by atoms with Crippen LogP contribution in [0.25, 0.3) is 0 Å². The highest BCUT2D eigenvalue weighted by molar-refractivity contribution is 5.67. The minimum atomic E-state index is -0.952. The number of aliphatic hydroxyl groups is 1. The molecular weight excluding hydrogens is 196 g/mol. The predicted molar refractivity (Wildman–Crippen MR) is 55.6 cm³/mol. The van der Waals surface area contributed by atoms with Crippen LogP contribution in [-0.4, -0.2) is 27.7 Å². The van der Waals surface area contributed by atoms with Gasteiger partial charge in [-0.3, -0.25) is 5.43 Å². The highest BCUT2D eigenvalue weighted by Crippen LogP contribution is 2.27. The van der Waals surface area contributed by atoms with Gasteiger partial charge < -0.3 is 9.84 Å². The summed E-state index contributed by atoms with van der Waals surface area (Å²) in [6.45, 7) is 4.25. The van der Waals surface area contributed by atoms with Crippen molar-refractivity contribution in [1.29, 1.82) is 0 Å². The Morgan fingerprint density at radius 2 is 2.53 bits per heavy atom. The number of ether oxygens (including phenoxy) is 1. The fourth-order valence-electron chi connectivity index (χ4n) is 1.50. The van der Waals surface area contributed by atoms with Crippen LogP contribution in [0.2, 0.25) is 0 Å². The topological polar surface area (TPSA) is 71.7 Å². The maximum absolute atomic E-state index is 9.68. The Kier molecular flexibility index (Phi) is 2.70. The molecule has 6 nitrogen and oxygen atoms in total. The second-order valence-corrected chi connectivity index (χ2v) is 3.33. The lowest BCUT2D eigenvalue weighted by Gasteiger charge is -2.18. The molecule has 0 saturated carbocycles. The lowest BCUT2D eigenvalue weighted by atomic mass is 10.3. The van der Waals surface area contributed by atoms with E-state index < -0.39 is 6.29 Å². The average Bonchev–Trinajstić information content (AvgIpc) is 2.63. The van der Waals surface area contributed by atoms with Crippen LogP contribution in [-0.2, 0) is 4.74 Å². The van der Waals surface area contributed by atoms with E-state index in [0.29, 0.717) is 18.0 Å². The third-order valence-electron chi connectivity index (χ3n) is 2.26. The monoisotopic (exact) mass is 210 g/mol. The maximum atomic E-state index is 9.68. The summed E-state index contributed by atoms with van der Waals surface area (Å²) < 4.78 is 6.85. The molecule has 1 aliphatic rings. The highest BCUT2D eigenvalue weighted by Gasteiger charge is 2.22. The van der Waals surface area contributed by atoms with Gasteiger partial charge in [-0.2, -0.15) is 10.2 Å². The molecule has 82 valence electrons. The highest BCUT2D eigenvalue weighted by atomic mass is 16.6. The SMILES string of the molecule is CCOC(O)c1cnn2c1NN=CC2C. The standard InChI is InChI=1S/C9H14N4O2/c1-3-15-9(14)7-5-11-13-6(2)4-10-12-8(7)13/h4-6,9,12,14H,3H2,1-2H3. The van der Waals surface area contributed by atoms with Crippen LogP contribution in [0.3, 0.4) is 0 Å². The first-order valence-electron chi connectivity index (χ1n) is 4.90. The molecular formula is C9H14N4O2. The van der Waals surface area contributed by atoms with Gasteiger partial charge in [-0.1, -0.05) is 0 Å². The number of hydrazone groups is 1. The normalized spacial score (nSPS) is 20.9. The zero-order valence-corrected chi connectivity index (χ0v) is 8.71. The van der Waals surface area contributed by atoms with Gasteiger partial charge in [0.15, 0.2) is 12.1 Å². The van der Waals surface area contributed by atoms with E-state index in [4.69, 9.17) is 4.74 Å². The Morgan fingerprint density at radius 3 is 3.27 bits per heavy atom. The van der Waals surface area contributed by atoms with Gasteiger partial charge in [-0.05, 0) is 13.8 Å². The van der Waals surface area contributed by atoms with Crippen LogP contribution in [0, 0.1) is 0 Å². The molecule has 0 spiro atoms. The first-order valence-corrected chi connectivity index (χ1v) is 4.90. The number of nitrogens with one attached hydrogen (secondary N) is 1. The van der Waals surface area contributed by atoms with E-state index in [1.165, 1.54) is 0 Å². The van der Waals surface area contributed by atoms with Gasteiger partial charge in [-0.25, -0.2) is 4.68 Å². The van der Waals surface area contributed by atoms with Crippen molar-refractivity contribution in [2.75, 3.05) is 12.0 Å². The molecule has 0 aliphatic carbocycles. The average molecular weight is 210 g/mol. The molecule has 0 radical (unpaired) electrons. The number of hydrogen-bond acceptors (Lipinski definition) is 5. The minimum Gasteiger partial charge on any atom is -0.364 e. The lowest BCUT2D eigenvalue weighted by Crippen LogP contribution is -2.17. The van der Waals surface area contributed by atoms with Gasteiger partial charge in [0.05, 0.1) is 17.8 Å². The molecule has 0 aromatic carbocycles. The summed E-state index contributed by atoms with van der Waals surface area (Å²) in [5.74, 6) is 0.686. The summed E-state index contributed by atoms with van der Waals surface area (Å²) in [7, 11) is 0. The minimum absolute atomic E-state index is 0.0869. The number of rotatable bonds is 3. The first kappa shape index (κ1) is 10.1. The maximum Gasteiger partial charge on any atom is 0.186 e. The second kappa shape index (κ2) is 4.00.